The van der Waals surface area contributed by atoms with Crippen molar-refractivity contribution < 1.29 is 18.3 Å². The van der Waals surface area contributed by atoms with E-state index in [1.807, 2.05) is 14.1 Å². The number of piperidine rings is 1. The lowest BCUT2D eigenvalue weighted by molar-refractivity contribution is 0.107. The van der Waals surface area contributed by atoms with E-state index in [0.29, 0.717) is 41.3 Å². The summed E-state index contributed by atoms with van der Waals surface area (Å²) in [6, 6.07) is 12.0. The minimum atomic E-state index is -3.71. The highest BCUT2D eigenvalue weighted by Crippen LogP contribution is 2.36. The van der Waals surface area contributed by atoms with Gasteiger partial charge in [0.15, 0.2) is 5.88 Å². The molecule has 2 aliphatic rings. The number of nitrogens with one attached hydrogen (secondary N) is 1. The molecular formula is C23H24N4O4S. The van der Waals surface area contributed by atoms with E-state index >= 15 is 0 Å². The van der Waals surface area contributed by atoms with Gasteiger partial charge in [-0.1, -0.05) is 12.1 Å². The molecule has 2 aliphatic heterocycles. The largest absolute Gasteiger partial charge is 0.494 e. The summed E-state index contributed by atoms with van der Waals surface area (Å²) in [5.74, 6) is -0.503. The van der Waals surface area contributed by atoms with Crippen molar-refractivity contribution in [1.82, 2.24) is 14.2 Å². The Morgan fingerprint density at radius 2 is 1.84 bits per heavy atom. The van der Waals surface area contributed by atoms with Gasteiger partial charge in [0.1, 0.15) is 5.71 Å². The quantitative estimate of drug-likeness (QED) is 0.633. The third-order valence-corrected chi connectivity index (χ3v) is 8.27. The van der Waals surface area contributed by atoms with Crippen LogP contribution in [0.4, 0.5) is 5.69 Å². The van der Waals surface area contributed by atoms with Gasteiger partial charge >= 0.3 is 0 Å². The van der Waals surface area contributed by atoms with E-state index in [0.717, 1.165) is 12.8 Å². The third-order valence-electron chi connectivity index (χ3n) is 6.37. The van der Waals surface area contributed by atoms with Crippen molar-refractivity contribution in [3.63, 3.8) is 0 Å². The highest BCUT2D eigenvalue weighted by molar-refractivity contribution is 7.89. The number of para-hydroxylation sites is 1. The van der Waals surface area contributed by atoms with Crippen molar-refractivity contribution in [2.24, 2.45) is 4.99 Å². The standard InChI is InChI=1S/C23H24N4O4S/c1-26(2)14-9-11-27(12-10-14)32(30,31)15-7-8-19-17(13-15)20(23(29)25-19)21-22(28)16-5-3-4-6-18(16)24-21/h3-8,13-14,25,29H,9-12H2,1-2H3. The number of nitrogens with zero attached hydrogens (tertiary/aromatic N) is 3. The molecule has 1 aromatic heterocycles. The molecule has 32 heavy (non-hydrogen) atoms. The maximum Gasteiger partial charge on any atom is 0.243 e. The highest BCUT2D eigenvalue weighted by atomic mass is 32.2. The van der Waals surface area contributed by atoms with E-state index in [9.17, 15) is 18.3 Å². The van der Waals surface area contributed by atoms with Crippen LogP contribution in [0.25, 0.3) is 10.9 Å². The van der Waals surface area contributed by atoms with Crippen LogP contribution in [0.5, 0.6) is 5.88 Å². The number of aromatic hydroxyl groups is 1. The first-order valence-electron chi connectivity index (χ1n) is 10.5. The zero-order valence-corrected chi connectivity index (χ0v) is 18.7. The molecule has 5 rings (SSSR count). The molecule has 3 aromatic rings. The molecule has 166 valence electrons. The summed E-state index contributed by atoms with van der Waals surface area (Å²) >= 11 is 0. The first kappa shape index (κ1) is 20.9. The molecule has 0 bridgehead atoms. The number of ketones is 1. The Morgan fingerprint density at radius 1 is 1.12 bits per heavy atom. The van der Waals surface area contributed by atoms with Gasteiger partial charge in [-0.05, 0) is 57.3 Å². The molecule has 0 spiro atoms. The average molecular weight is 453 g/mol. The van der Waals surface area contributed by atoms with Gasteiger partial charge in [-0.3, -0.25) is 4.79 Å². The normalized spacial score (nSPS) is 17.8. The Labute approximate surface area is 186 Å². The lowest BCUT2D eigenvalue weighted by Crippen LogP contribution is -2.44. The average Bonchev–Trinajstić information content (AvgIpc) is 3.29. The Balaban J connectivity index is 1.54. The minimum absolute atomic E-state index is 0.108. The number of carbonyl (C=O) groups excluding carboxylic acids is 1. The zero-order valence-electron chi connectivity index (χ0n) is 17.9. The molecule has 0 unspecified atom stereocenters. The first-order valence-corrected chi connectivity index (χ1v) is 12.0. The van der Waals surface area contributed by atoms with Crippen LogP contribution >= 0.6 is 0 Å². The molecule has 2 N–H and O–H groups in total. The third kappa shape index (κ3) is 3.24. The Bertz CT molecular complexity index is 1370. The molecule has 0 atom stereocenters. The number of sulfonamides is 1. The van der Waals surface area contributed by atoms with Gasteiger partial charge in [-0.25, -0.2) is 13.4 Å². The van der Waals surface area contributed by atoms with E-state index in [4.69, 9.17) is 0 Å². The number of aliphatic imine (C=N–C) groups is 1. The summed E-state index contributed by atoms with van der Waals surface area (Å²) in [6.07, 6.45) is 1.54. The SMILES string of the molecule is CN(C)C1CCN(S(=O)(=O)c2ccc3[nH]c(O)c(C4=Nc5ccccc5C4=O)c3c2)CC1. The number of Topliss-reactive ketones (excluding diaryl/α,β-unsaturated/α-hetero) is 1. The van der Waals surface area contributed by atoms with Crippen molar-refractivity contribution in [2.75, 3.05) is 27.2 Å². The molecule has 3 heterocycles. The Morgan fingerprint density at radius 3 is 2.53 bits per heavy atom. The van der Waals surface area contributed by atoms with Crippen molar-refractivity contribution in [1.29, 1.82) is 0 Å². The fourth-order valence-electron chi connectivity index (χ4n) is 4.54. The van der Waals surface area contributed by atoms with E-state index in [2.05, 4.69) is 14.9 Å². The lowest BCUT2D eigenvalue weighted by atomic mass is 10.0. The molecule has 9 heteroatoms. The van der Waals surface area contributed by atoms with Crippen molar-refractivity contribution >= 4 is 38.1 Å². The van der Waals surface area contributed by atoms with Gasteiger partial charge in [0.05, 0.1) is 16.1 Å². The molecular weight excluding hydrogens is 428 g/mol. The highest BCUT2D eigenvalue weighted by Gasteiger charge is 2.33. The minimum Gasteiger partial charge on any atom is -0.494 e. The number of aromatic nitrogens is 1. The van der Waals surface area contributed by atoms with Gasteiger partial charge in [0.2, 0.25) is 15.8 Å². The van der Waals surface area contributed by atoms with Crippen LogP contribution in [-0.2, 0) is 10.0 Å². The number of hydrogen-bond acceptors (Lipinski definition) is 6. The fraction of sp³-hybridized carbons (Fsp3) is 0.304. The molecule has 1 saturated heterocycles. The predicted molar refractivity (Wildman–Crippen MR) is 122 cm³/mol. The monoisotopic (exact) mass is 452 g/mol. The number of rotatable bonds is 4. The van der Waals surface area contributed by atoms with Crippen LogP contribution in [0.3, 0.4) is 0 Å². The van der Waals surface area contributed by atoms with Crippen molar-refractivity contribution in [3.8, 4) is 5.88 Å². The topological polar surface area (TPSA) is 106 Å². The van der Waals surface area contributed by atoms with Gasteiger partial charge in [-0.2, -0.15) is 4.31 Å². The second-order valence-electron chi connectivity index (χ2n) is 8.46. The molecule has 0 amide bonds. The van der Waals surface area contributed by atoms with Crippen LogP contribution in [0.15, 0.2) is 52.4 Å². The second kappa shape index (κ2) is 7.54. The summed E-state index contributed by atoms with van der Waals surface area (Å²) in [4.78, 5) is 22.4. The molecule has 2 aromatic carbocycles. The number of aromatic amines is 1. The van der Waals surface area contributed by atoms with Gasteiger partial charge in [0.25, 0.3) is 0 Å². The summed E-state index contributed by atoms with van der Waals surface area (Å²) in [7, 11) is 0.310. The van der Waals surface area contributed by atoms with Gasteiger partial charge in [-0.15, -0.1) is 0 Å². The number of hydrogen-bond donors (Lipinski definition) is 2. The zero-order chi connectivity index (χ0) is 22.6. The van der Waals surface area contributed by atoms with Gasteiger partial charge < -0.3 is 15.0 Å². The van der Waals surface area contributed by atoms with Crippen molar-refractivity contribution in [2.45, 2.75) is 23.8 Å². The molecule has 0 aliphatic carbocycles. The predicted octanol–water partition coefficient (Wildman–Crippen LogP) is 2.91. The van der Waals surface area contributed by atoms with Crippen LogP contribution in [-0.4, -0.2) is 72.4 Å². The van der Waals surface area contributed by atoms with Crippen LogP contribution < -0.4 is 0 Å². The number of benzene rings is 2. The molecule has 8 nitrogen and oxygen atoms in total. The first-order chi connectivity index (χ1) is 15.3. The maximum atomic E-state index is 13.3. The van der Waals surface area contributed by atoms with E-state index in [1.165, 1.54) is 16.4 Å². The van der Waals surface area contributed by atoms with E-state index in [-0.39, 0.29) is 27.8 Å². The van der Waals surface area contributed by atoms with Crippen LogP contribution in [0, 0.1) is 0 Å². The fourth-order valence-corrected chi connectivity index (χ4v) is 6.03. The summed E-state index contributed by atoms with van der Waals surface area (Å²) in [5.41, 5.74) is 1.87. The number of carbonyl (C=O) groups is 1. The Kier molecular flexibility index (Phi) is 4.92. The van der Waals surface area contributed by atoms with E-state index < -0.39 is 10.0 Å². The number of fused-ring (bicyclic) bond motifs is 2. The molecule has 0 radical (unpaired) electrons. The van der Waals surface area contributed by atoms with E-state index in [1.54, 1.807) is 30.3 Å². The van der Waals surface area contributed by atoms with Crippen LogP contribution in [0.2, 0.25) is 0 Å². The summed E-state index contributed by atoms with van der Waals surface area (Å²) < 4.78 is 28.2. The molecule has 1 fully saturated rings. The lowest BCUT2D eigenvalue weighted by Gasteiger charge is -2.34. The van der Waals surface area contributed by atoms with Gasteiger partial charge in [0, 0.05) is 35.6 Å². The van der Waals surface area contributed by atoms with Crippen LogP contribution in [0.1, 0.15) is 28.8 Å². The summed E-state index contributed by atoms with van der Waals surface area (Å²) in [6.45, 7) is 0.907. The smallest absolute Gasteiger partial charge is 0.243 e. The Hall–Kier alpha value is -3.01. The second-order valence-corrected chi connectivity index (χ2v) is 10.4. The summed E-state index contributed by atoms with van der Waals surface area (Å²) in [5, 5.41) is 11.0. The van der Waals surface area contributed by atoms with Crippen molar-refractivity contribution in [3.05, 3.63) is 53.6 Å². The maximum absolute atomic E-state index is 13.3. The molecule has 0 saturated carbocycles. The number of H-pyrrole nitrogens is 1.